The Morgan fingerprint density at radius 3 is 2.76 bits per heavy atom. The van der Waals surface area contributed by atoms with E-state index >= 15 is 0 Å². The fourth-order valence-electron chi connectivity index (χ4n) is 3.01. The quantitative estimate of drug-likeness (QED) is 0.349. The second-order valence-corrected chi connectivity index (χ2v) is 6.41. The Kier molecular flexibility index (Phi) is 6.64. The van der Waals surface area contributed by atoms with Crippen LogP contribution in [0.25, 0.3) is 16.6 Å². The summed E-state index contributed by atoms with van der Waals surface area (Å²) in [7, 11) is 1.79. The average molecular weight is 394 g/mol. The molecule has 0 spiro atoms. The average Bonchev–Trinajstić information content (AvgIpc) is 2.76. The van der Waals surface area contributed by atoms with E-state index in [4.69, 9.17) is 21.6 Å². The van der Waals surface area contributed by atoms with E-state index in [0.717, 1.165) is 29.9 Å². The number of nitrogens with one attached hydrogen (secondary N) is 3. The first-order valence-electron chi connectivity index (χ1n) is 9.28. The van der Waals surface area contributed by atoms with Gasteiger partial charge in [-0.15, -0.1) is 0 Å². The number of fused-ring (bicyclic) bond motifs is 1. The van der Waals surface area contributed by atoms with Crippen molar-refractivity contribution in [2.75, 3.05) is 38.7 Å². The number of aromatic nitrogens is 2. The van der Waals surface area contributed by atoms with Crippen LogP contribution >= 0.6 is 0 Å². The number of hydrogen-bond donors (Lipinski definition) is 5. The van der Waals surface area contributed by atoms with Crippen molar-refractivity contribution >= 4 is 28.6 Å². The van der Waals surface area contributed by atoms with E-state index in [1.54, 1.807) is 25.5 Å². The first-order valence-corrected chi connectivity index (χ1v) is 9.28. The predicted molar refractivity (Wildman–Crippen MR) is 116 cm³/mol. The van der Waals surface area contributed by atoms with Gasteiger partial charge in [-0.05, 0) is 18.2 Å². The van der Waals surface area contributed by atoms with Crippen LogP contribution in [-0.2, 0) is 4.74 Å². The van der Waals surface area contributed by atoms with Crippen LogP contribution in [0.2, 0.25) is 0 Å². The lowest BCUT2D eigenvalue weighted by Crippen LogP contribution is -2.35. The smallest absolute Gasteiger partial charge is 0.132 e. The highest BCUT2D eigenvalue weighted by Gasteiger charge is 2.12. The summed E-state index contributed by atoms with van der Waals surface area (Å²) in [6.45, 7) is 2.87. The lowest BCUT2D eigenvalue weighted by atomic mass is 10.1. The maximum atomic E-state index is 7.57. The molecule has 3 heterocycles. The molecule has 0 amide bonds. The molecular weight excluding hydrogens is 368 g/mol. The van der Waals surface area contributed by atoms with Crippen molar-refractivity contribution in [1.82, 2.24) is 20.2 Å². The molecule has 1 aliphatic heterocycles. The molecule has 0 aliphatic carbocycles. The van der Waals surface area contributed by atoms with Crippen LogP contribution in [0.1, 0.15) is 5.56 Å². The van der Waals surface area contributed by atoms with Crippen molar-refractivity contribution < 1.29 is 4.74 Å². The minimum absolute atomic E-state index is 0.430. The highest BCUT2D eigenvalue weighted by molar-refractivity contribution is 6.08. The summed E-state index contributed by atoms with van der Waals surface area (Å²) in [5, 5.41) is 13.6. The van der Waals surface area contributed by atoms with Crippen molar-refractivity contribution in [3.05, 3.63) is 60.0 Å². The zero-order chi connectivity index (χ0) is 20.6. The topological polar surface area (TPSA) is 138 Å². The van der Waals surface area contributed by atoms with Crippen molar-refractivity contribution in [1.29, 1.82) is 5.41 Å². The molecule has 0 atom stereocenters. The van der Waals surface area contributed by atoms with Gasteiger partial charge < -0.3 is 37.1 Å². The first kappa shape index (κ1) is 20.2. The second-order valence-electron chi connectivity index (χ2n) is 6.41. The van der Waals surface area contributed by atoms with Crippen LogP contribution < -0.4 is 22.1 Å². The van der Waals surface area contributed by atoms with Crippen LogP contribution in [0.15, 0.2) is 54.4 Å². The van der Waals surface area contributed by atoms with Gasteiger partial charge >= 0.3 is 0 Å². The third-order valence-corrected chi connectivity index (χ3v) is 4.45. The van der Waals surface area contributed by atoms with Gasteiger partial charge in [0.2, 0.25) is 0 Å². The van der Waals surface area contributed by atoms with Gasteiger partial charge in [-0.2, -0.15) is 0 Å². The number of ether oxygens (including phenoxy) is 1. The number of rotatable bonds is 7. The molecule has 29 heavy (non-hydrogen) atoms. The zero-order valence-corrected chi connectivity index (χ0v) is 16.4. The van der Waals surface area contributed by atoms with Crippen molar-refractivity contribution in [3.63, 3.8) is 0 Å². The fraction of sp³-hybridized carbons (Fsp3) is 0.250. The summed E-state index contributed by atoms with van der Waals surface area (Å²) < 4.78 is 5.37. The van der Waals surface area contributed by atoms with Crippen LogP contribution in [0.4, 0.5) is 5.82 Å². The van der Waals surface area contributed by atoms with Crippen molar-refractivity contribution in [3.8, 4) is 0 Å². The highest BCUT2D eigenvalue weighted by Crippen LogP contribution is 2.19. The molecule has 2 aromatic rings. The molecule has 3 rings (SSSR count). The summed E-state index contributed by atoms with van der Waals surface area (Å²) in [6.07, 6.45) is 8.06. The van der Waals surface area contributed by atoms with Gasteiger partial charge in [-0.1, -0.05) is 0 Å². The maximum absolute atomic E-state index is 7.57. The molecule has 0 unspecified atom stereocenters. The summed E-state index contributed by atoms with van der Waals surface area (Å²) in [5.74, 6) is 1.02. The van der Waals surface area contributed by atoms with Crippen LogP contribution in [0.5, 0.6) is 0 Å². The van der Waals surface area contributed by atoms with E-state index < -0.39 is 0 Å². The van der Waals surface area contributed by atoms with E-state index in [-0.39, 0.29) is 0 Å². The minimum atomic E-state index is 0.430. The Labute approximate surface area is 169 Å². The van der Waals surface area contributed by atoms with Crippen molar-refractivity contribution in [2.45, 2.75) is 0 Å². The molecule has 7 N–H and O–H groups in total. The van der Waals surface area contributed by atoms with Gasteiger partial charge in [-0.25, -0.2) is 4.98 Å². The van der Waals surface area contributed by atoms with E-state index in [0.29, 0.717) is 35.9 Å². The molecule has 0 saturated carbocycles. The number of nitrogens with zero attached hydrogens (tertiary/aromatic N) is 3. The summed E-state index contributed by atoms with van der Waals surface area (Å²) in [4.78, 5) is 11.1. The van der Waals surface area contributed by atoms with Gasteiger partial charge in [0.25, 0.3) is 0 Å². The van der Waals surface area contributed by atoms with E-state index in [9.17, 15) is 0 Å². The van der Waals surface area contributed by atoms with Gasteiger partial charge in [0, 0.05) is 62.2 Å². The maximum Gasteiger partial charge on any atom is 0.132 e. The predicted octanol–water partition coefficient (Wildman–Crippen LogP) is 1.18. The van der Waals surface area contributed by atoms with E-state index in [1.807, 2.05) is 18.2 Å². The number of anilines is 1. The molecule has 9 heteroatoms. The van der Waals surface area contributed by atoms with Crippen LogP contribution in [0.3, 0.4) is 0 Å². The zero-order valence-electron chi connectivity index (χ0n) is 16.4. The normalized spacial score (nSPS) is 16.0. The third-order valence-electron chi connectivity index (χ3n) is 4.45. The minimum Gasteiger partial charge on any atom is -0.403 e. The number of hydrogen-bond acceptors (Lipinski definition) is 9. The molecule has 1 saturated heterocycles. The number of allylic oxidation sites excluding steroid dienone is 2. The third kappa shape index (κ3) is 5.02. The lowest BCUT2D eigenvalue weighted by molar-refractivity contribution is 0.0552. The van der Waals surface area contributed by atoms with Crippen LogP contribution in [-0.4, -0.2) is 54.4 Å². The Morgan fingerprint density at radius 2 is 2.07 bits per heavy atom. The fourth-order valence-corrected chi connectivity index (χ4v) is 3.01. The number of pyridine rings is 2. The second kappa shape index (κ2) is 9.56. The molecule has 152 valence electrons. The first-order chi connectivity index (χ1) is 14.1. The molecule has 0 aromatic carbocycles. The SMILES string of the molecule is CN/C=C(\C=N)c1cnc2ccc(N/C(N)=C/C(=C\N)N3CCOCC3)nc2c1. The highest BCUT2D eigenvalue weighted by atomic mass is 16.5. The van der Waals surface area contributed by atoms with E-state index in [2.05, 4.69) is 25.5 Å². The summed E-state index contributed by atoms with van der Waals surface area (Å²) in [5.41, 5.74) is 15.7. The summed E-state index contributed by atoms with van der Waals surface area (Å²) >= 11 is 0. The van der Waals surface area contributed by atoms with Gasteiger partial charge in [-0.3, -0.25) is 4.98 Å². The Morgan fingerprint density at radius 1 is 1.28 bits per heavy atom. The number of nitrogens with two attached hydrogens (primary N) is 2. The van der Waals surface area contributed by atoms with Gasteiger partial charge in [0.05, 0.1) is 29.9 Å². The van der Waals surface area contributed by atoms with Crippen molar-refractivity contribution in [2.24, 2.45) is 11.5 Å². The standard InChI is InChI=1S/C20H26N8O/c1-24-12-15(10-21)14-8-18-17(25-13-14)2-3-20(26-18)27-19(23)9-16(11-22)28-4-6-29-7-5-28/h2-3,8-13,21,24H,4-7,22-23H2,1H3,(H,26,27)/b15-12+,16-11+,19-9+,21-10?. The molecular formula is C20H26N8O. The molecule has 1 fully saturated rings. The van der Waals surface area contributed by atoms with Gasteiger partial charge in [0.15, 0.2) is 0 Å². The molecule has 9 nitrogen and oxygen atoms in total. The van der Waals surface area contributed by atoms with Crippen LogP contribution in [0, 0.1) is 5.41 Å². The van der Waals surface area contributed by atoms with E-state index in [1.165, 1.54) is 12.4 Å². The number of morpholine rings is 1. The summed E-state index contributed by atoms with van der Waals surface area (Å²) in [6, 6.07) is 5.58. The Balaban J connectivity index is 1.81. The lowest BCUT2D eigenvalue weighted by Gasteiger charge is -2.29. The van der Waals surface area contributed by atoms with Gasteiger partial charge in [0.1, 0.15) is 11.6 Å². The monoisotopic (exact) mass is 394 g/mol. The molecule has 0 bridgehead atoms. The Hall–Kier alpha value is -3.59. The largest absolute Gasteiger partial charge is 0.403 e. The molecule has 2 aromatic heterocycles. The molecule has 1 aliphatic rings. The Bertz CT molecular complexity index is 960. The molecule has 0 radical (unpaired) electrons.